The first-order chi connectivity index (χ1) is 28.5. The van der Waals surface area contributed by atoms with Gasteiger partial charge in [-0.3, -0.25) is 0 Å². The van der Waals surface area contributed by atoms with Gasteiger partial charge >= 0.3 is 0 Å². The third kappa shape index (κ3) is 4.74. The Kier molecular flexibility index (Phi) is 6.98. The number of nitrogens with zero attached hydrogens (tertiary/aromatic N) is 1. The molecule has 0 unspecified atom stereocenters. The highest BCUT2D eigenvalue weighted by Crippen LogP contribution is 2.53. The van der Waals surface area contributed by atoms with Crippen molar-refractivity contribution in [2.24, 2.45) is 0 Å². The van der Waals surface area contributed by atoms with Gasteiger partial charge in [0.1, 0.15) is 16.7 Å². The molecule has 0 atom stereocenters. The molecule has 58 heavy (non-hydrogen) atoms. The van der Waals surface area contributed by atoms with Crippen LogP contribution < -0.4 is 4.90 Å². The Morgan fingerprint density at radius 1 is 0.414 bits per heavy atom. The van der Waals surface area contributed by atoms with Gasteiger partial charge in [0.25, 0.3) is 0 Å². The predicted octanol–water partition coefficient (Wildman–Crippen LogP) is 15.7. The predicted molar refractivity (Wildman–Crippen MR) is 242 cm³/mol. The van der Waals surface area contributed by atoms with Crippen molar-refractivity contribution in [2.45, 2.75) is 19.3 Å². The SMILES string of the molecule is CC1(C)c2ccccc2-c2ccc(N(c3cccc4c3oc3ccccc34)c3cccc4oc5c(-c6ccc(-c7ccccc7)cc6)c6ccccc6cc5c34)cc21. The lowest BCUT2D eigenvalue weighted by molar-refractivity contribution is 0.660. The Morgan fingerprint density at radius 3 is 1.93 bits per heavy atom. The van der Waals surface area contributed by atoms with Crippen LogP contribution in [0.5, 0.6) is 0 Å². The Morgan fingerprint density at radius 2 is 1.05 bits per heavy atom. The van der Waals surface area contributed by atoms with Gasteiger partial charge in [0.15, 0.2) is 5.58 Å². The summed E-state index contributed by atoms with van der Waals surface area (Å²) < 4.78 is 13.8. The van der Waals surface area contributed by atoms with E-state index >= 15 is 0 Å². The molecule has 274 valence electrons. The zero-order valence-corrected chi connectivity index (χ0v) is 32.2. The van der Waals surface area contributed by atoms with Gasteiger partial charge in [-0.25, -0.2) is 0 Å². The molecule has 0 radical (unpaired) electrons. The van der Waals surface area contributed by atoms with Crippen LogP contribution in [0.1, 0.15) is 25.0 Å². The van der Waals surface area contributed by atoms with Crippen LogP contribution in [0, 0.1) is 0 Å². The maximum Gasteiger partial charge on any atom is 0.159 e. The smallest absolute Gasteiger partial charge is 0.159 e. The topological polar surface area (TPSA) is 29.5 Å². The molecule has 0 saturated carbocycles. The van der Waals surface area contributed by atoms with Crippen LogP contribution in [0.15, 0.2) is 197 Å². The van der Waals surface area contributed by atoms with Crippen LogP contribution in [0.25, 0.3) is 88.0 Å². The van der Waals surface area contributed by atoms with Gasteiger partial charge in [0, 0.05) is 32.8 Å². The van der Waals surface area contributed by atoms with E-state index in [1.807, 2.05) is 6.07 Å². The number of anilines is 3. The fourth-order valence-electron chi connectivity index (χ4n) is 9.69. The minimum atomic E-state index is -0.169. The number of fused-ring (bicyclic) bond motifs is 10. The monoisotopic (exact) mass is 743 g/mol. The molecule has 2 heterocycles. The average molecular weight is 744 g/mol. The quantitative estimate of drug-likeness (QED) is 0.176. The number of para-hydroxylation sites is 2. The van der Waals surface area contributed by atoms with Gasteiger partial charge in [0.2, 0.25) is 0 Å². The molecule has 3 nitrogen and oxygen atoms in total. The second kappa shape index (κ2) is 12.3. The number of benzene rings is 9. The maximum absolute atomic E-state index is 7.06. The van der Waals surface area contributed by atoms with E-state index in [1.165, 1.54) is 33.4 Å². The lowest BCUT2D eigenvalue weighted by atomic mass is 9.82. The summed E-state index contributed by atoms with van der Waals surface area (Å²) in [6.45, 7) is 4.68. The van der Waals surface area contributed by atoms with Crippen molar-refractivity contribution in [3.8, 4) is 33.4 Å². The van der Waals surface area contributed by atoms with Crippen molar-refractivity contribution in [2.75, 3.05) is 4.90 Å². The lowest BCUT2D eigenvalue weighted by Gasteiger charge is -2.28. The molecule has 0 fully saturated rings. The highest BCUT2D eigenvalue weighted by molar-refractivity contribution is 6.22. The summed E-state index contributed by atoms with van der Waals surface area (Å²) in [4.78, 5) is 2.39. The highest BCUT2D eigenvalue weighted by Gasteiger charge is 2.36. The van der Waals surface area contributed by atoms with Crippen LogP contribution in [0.3, 0.4) is 0 Å². The molecule has 0 amide bonds. The minimum Gasteiger partial charge on any atom is -0.455 e. The maximum atomic E-state index is 7.06. The first-order valence-corrected chi connectivity index (χ1v) is 20.0. The number of rotatable bonds is 5. The number of hydrogen-bond acceptors (Lipinski definition) is 3. The molecule has 2 aromatic heterocycles. The molecule has 0 saturated heterocycles. The standard InChI is InChI=1S/C55H37NO2/c1-55(2)45-21-10-8-18-40(45)41-31-30-38(33-46(41)55)56(48-23-12-20-43-42-19-9-11-24-49(42)57-53(43)48)47-22-13-25-50-52(47)44-32-37-16-6-7-17-39(37)51(54(44)58-50)36-28-26-35(27-29-36)34-14-4-3-5-15-34/h3-33H,1-2H3. The van der Waals surface area contributed by atoms with Crippen molar-refractivity contribution in [1.29, 1.82) is 0 Å². The van der Waals surface area contributed by atoms with Crippen molar-refractivity contribution in [3.05, 3.63) is 199 Å². The third-order valence-electron chi connectivity index (χ3n) is 12.5. The third-order valence-corrected chi connectivity index (χ3v) is 12.5. The van der Waals surface area contributed by atoms with E-state index in [9.17, 15) is 0 Å². The molecule has 1 aliphatic rings. The van der Waals surface area contributed by atoms with Crippen LogP contribution in [0.4, 0.5) is 17.1 Å². The van der Waals surface area contributed by atoms with E-state index in [2.05, 4.69) is 201 Å². The fraction of sp³-hybridized carbons (Fsp3) is 0.0545. The molecule has 9 aromatic carbocycles. The molecule has 11 aromatic rings. The van der Waals surface area contributed by atoms with Crippen LogP contribution >= 0.6 is 0 Å². The van der Waals surface area contributed by atoms with E-state index < -0.39 is 0 Å². The summed E-state index contributed by atoms with van der Waals surface area (Å²) in [5.41, 5.74) is 16.2. The fourth-order valence-corrected chi connectivity index (χ4v) is 9.69. The Hall–Kier alpha value is -7.36. The molecular formula is C55H37NO2. The van der Waals surface area contributed by atoms with E-state index in [0.29, 0.717) is 0 Å². The molecule has 0 spiro atoms. The van der Waals surface area contributed by atoms with Gasteiger partial charge < -0.3 is 13.7 Å². The lowest BCUT2D eigenvalue weighted by Crippen LogP contribution is -2.16. The Balaban J connectivity index is 1.14. The van der Waals surface area contributed by atoms with Gasteiger partial charge in [-0.2, -0.15) is 0 Å². The summed E-state index contributed by atoms with van der Waals surface area (Å²) in [7, 11) is 0. The van der Waals surface area contributed by atoms with E-state index in [-0.39, 0.29) is 5.41 Å². The van der Waals surface area contributed by atoms with Crippen molar-refractivity contribution in [1.82, 2.24) is 0 Å². The number of furan rings is 2. The summed E-state index contributed by atoms with van der Waals surface area (Å²) in [5.74, 6) is 0. The molecule has 0 bridgehead atoms. The first kappa shape index (κ1) is 32.8. The molecule has 0 aliphatic heterocycles. The first-order valence-electron chi connectivity index (χ1n) is 20.0. The second-order valence-electron chi connectivity index (χ2n) is 16.0. The normalized spacial score (nSPS) is 13.1. The van der Waals surface area contributed by atoms with Gasteiger partial charge in [-0.15, -0.1) is 0 Å². The minimum absolute atomic E-state index is 0.169. The Bertz CT molecular complexity index is 3420. The molecule has 12 rings (SSSR count). The average Bonchev–Trinajstić information content (AvgIpc) is 3.91. The second-order valence-corrected chi connectivity index (χ2v) is 16.0. The largest absolute Gasteiger partial charge is 0.455 e. The van der Waals surface area contributed by atoms with Crippen molar-refractivity contribution in [3.63, 3.8) is 0 Å². The number of hydrogen-bond donors (Lipinski definition) is 0. The summed E-state index contributed by atoms with van der Waals surface area (Å²) in [6, 6.07) is 67.5. The van der Waals surface area contributed by atoms with Gasteiger partial charge in [-0.05, 0) is 92.2 Å². The molecule has 3 heteroatoms. The van der Waals surface area contributed by atoms with Crippen molar-refractivity contribution >= 4 is 71.7 Å². The van der Waals surface area contributed by atoms with Crippen LogP contribution in [-0.2, 0) is 5.41 Å². The van der Waals surface area contributed by atoms with Crippen molar-refractivity contribution < 1.29 is 8.83 Å². The molecule has 1 aliphatic carbocycles. The Labute approximate surface area is 336 Å². The molecular weight excluding hydrogens is 707 g/mol. The summed E-state index contributed by atoms with van der Waals surface area (Å²) in [6.07, 6.45) is 0. The van der Waals surface area contributed by atoms with Gasteiger partial charge in [0.05, 0.1) is 16.8 Å². The van der Waals surface area contributed by atoms with Gasteiger partial charge in [-0.1, -0.05) is 159 Å². The summed E-state index contributed by atoms with van der Waals surface area (Å²) >= 11 is 0. The summed E-state index contributed by atoms with van der Waals surface area (Å²) in [5, 5.41) is 6.64. The van der Waals surface area contributed by atoms with E-state index in [0.717, 1.165) is 82.8 Å². The molecule has 0 N–H and O–H groups in total. The highest BCUT2D eigenvalue weighted by atomic mass is 16.3. The zero-order valence-electron chi connectivity index (χ0n) is 32.2. The van der Waals surface area contributed by atoms with E-state index in [1.54, 1.807) is 0 Å². The zero-order chi connectivity index (χ0) is 38.5. The van der Waals surface area contributed by atoms with Crippen LogP contribution in [0.2, 0.25) is 0 Å². The van der Waals surface area contributed by atoms with E-state index in [4.69, 9.17) is 8.83 Å². The van der Waals surface area contributed by atoms with Crippen LogP contribution in [-0.4, -0.2) is 0 Å².